The molecule has 2 aromatic heterocycles. The van der Waals surface area contributed by atoms with E-state index in [0.29, 0.717) is 39.4 Å². The molecular formula is C20H14Cl2N4O2S. The highest BCUT2D eigenvalue weighted by Crippen LogP contribution is 2.36. The monoisotopic (exact) mass is 444 g/mol. The average molecular weight is 445 g/mol. The fraction of sp³-hybridized carbons (Fsp3) is 0.150. The molecule has 3 heterocycles. The van der Waals surface area contributed by atoms with Crippen LogP contribution in [0, 0.1) is 0 Å². The van der Waals surface area contributed by atoms with Gasteiger partial charge >= 0.3 is 0 Å². The first-order chi connectivity index (χ1) is 14.2. The van der Waals surface area contributed by atoms with E-state index in [-0.39, 0.29) is 6.23 Å². The molecule has 1 aliphatic heterocycles. The summed E-state index contributed by atoms with van der Waals surface area (Å²) in [5.41, 5.74) is 2.36. The number of halogens is 2. The lowest BCUT2D eigenvalue weighted by Gasteiger charge is -2.16. The second kappa shape index (κ2) is 7.84. The summed E-state index contributed by atoms with van der Waals surface area (Å²) < 4.78 is 13.9. The first-order valence-corrected chi connectivity index (χ1v) is 10.4. The third-order valence-corrected chi connectivity index (χ3v) is 6.25. The summed E-state index contributed by atoms with van der Waals surface area (Å²) in [6.45, 7) is 0.811. The Morgan fingerprint density at radius 2 is 1.97 bits per heavy atom. The lowest BCUT2D eigenvalue weighted by Crippen LogP contribution is -2.18. The zero-order valence-corrected chi connectivity index (χ0v) is 17.3. The molecule has 0 saturated heterocycles. The average Bonchev–Trinajstić information content (AvgIpc) is 3.04. The van der Waals surface area contributed by atoms with Crippen molar-refractivity contribution in [3.63, 3.8) is 0 Å². The van der Waals surface area contributed by atoms with Crippen LogP contribution in [0.1, 0.15) is 11.8 Å². The molecule has 29 heavy (non-hydrogen) atoms. The Bertz CT molecular complexity index is 1170. The Hall–Kier alpha value is -2.32. The van der Waals surface area contributed by atoms with E-state index in [9.17, 15) is 0 Å². The van der Waals surface area contributed by atoms with Crippen molar-refractivity contribution in [1.82, 2.24) is 19.5 Å². The van der Waals surface area contributed by atoms with E-state index in [1.54, 1.807) is 18.5 Å². The Balaban J connectivity index is 1.46. The van der Waals surface area contributed by atoms with E-state index < -0.39 is 0 Å². The van der Waals surface area contributed by atoms with Crippen LogP contribution in [0.15, 0.2) is 65.0 Å². The predicted octanol–water partition coefficient (Wildman–Crippen LogP) is 5.39. The number of hydrogen-bond donors (Lipinski definition) is 0. The smallest absolute Gasteiger partial charge is 0.171 e. The van der Waals surface area contributed by atoms with Gasteiger partial charge in [-0.3, -0.25) is 4.57 Å². The number of nitrogens with zero attached hydrogens (tertiary/aromatic N) is 4. The normalized spacial score (nSPS) is 16.3. The molecular weight excluding hydrogens is 431 g/mol. The molecule has 0 radical (unpaired) electrons. The number of benzene rings is 2. The lowest BCUT2D eigenvalue weighted by molar-refractivity contribution is -0.0236. The molecule has 1 aliphatic rings. The van der Waals surface area contributed by atoms with E-state index in [0.717, 1.165) is 16.2 Å². The number of hydrogen-bond acceptors (Lipinski definition) is 6. The van der Waals surface area contributed by atoms with Crippen LogP contribution in [0.4, 0.5) is 0 Å². The van der Waals surface area contributed by atoms with Gasteiger partial charge in [-0.05, 0) is 24.3 Å². The topological polar surface area (TPSA) is 62.1 Å². The second-order valence-electron chi connectivity index (χ2n) is 6.36. The van der Waals surface area contributed by atoms with Crippen molar-refractivity contribution in [3.8, 4) is 5.75 Å². The van der Waals surface area contributed by atoms with Crippen molar-refractivity contribution in [2.45, 2.75) is 22.8 Å². The van der Waals surface area contributed by atoms with Crippen LogP contribution >= 0.6 is 35.0 Å². The number of aromatic nitrogens is 4. The van der Waals surface area contributed by atoms with Crippen LogP contribution in [0.5, 0.6) is 5.75 Å². The SMILES string of the molecule is Clc1ccc(Sc2ncnc3c2ncn3C2COc3ccccc3CO2)c(Cl)c1. The van der Waals surface area contributed by atoms with Crippen molar-refractivity contribution in [2.24, 2.45) is 0 Å². The molecule has 1 atom stereocenters. The van der Waals surface area contributed by atoms with Crippen molar-refractivity contribution < 1.29 is 9.47 Å². The van der Waals surface area contributed by atoms with Gasteiger partial charge in [-0.15, -0.1) is 0 Å². The van der Waals surface area contributed by atoms with Crippen LogP contribution < -0.4 is 4.74 Å². The van der Waals surface area contributed by atoms with Gasteiger partial charge in [0.1, 0.15) is 29.2 Å². The van der Waals surface area contributed by atoms with Gasteiger partial charge in [-0.2, -0.15) is 0 Å². The highest BCUT2D eigenvalue weighted by atomic mass is 35.5. The molecule has 6 nitrogen and oxygen atoms in total. The molecule has 0 amide bonds. The molecule has 0 bridgehead atoms. The molecule has 0 saturated carbocycles. The van der Waals surface area contributed by atoms with Gasteiger partial charge in [-0.1, -0.05) is 53.2 Å². The molecule has 1 unspecified atom stereocenters. The van der Waals surface area contributed by atoms with Crippen molar-refractivity contribution in [3.05, 3.63) is 70.7 Å². The molecule has 0 spiro atoms. The quantitative estimate of drug-likeness (QED) is 0.394. The van der Waals surface area contributed by atoms with Crippen LogP contribution in [0.25, 0.3) is 11.2 Å². The third kappa shape index (κ3) is 3.67. The van der Waals surface area contributed by atoms with Crippen molar-refractivity contribution >= 4 is 46.1 Å². The number of fused-ring (bicyclic) bond motifs is 2. The Morgan fingerprint density at radius 1 is 1.07 bits per heavy atom. The van der Waals surface area contributed by atoms with Gasteiger partial charge in [0.05, 0.1) is 18.0 Å². The van der Waals surface area contributed by atoms with Gasteiger partial charge in [-0.25, -0.2) is 15.0 Å². The first-order valence-electron chi connectivity index (χ1n) is 8.82. The summed E-state index contributed by atoms with van der Waals surface area (Å²) in [7, 11) is 0. The van der Waals surface area contributed by atoms with Crippen LogP contribution in [0.2, 0.25) is 10.0 Å². The number of para-hydroxylation sites is 1. The second-order valence-corrected chi connectivity index (χ2v) is 8.24. The summed E-state index contributed by atoms with van der Waals surface area (Å²) >= 11 is 13.7. The minimum absolute atomic E-state index is 0.348. The number of ether oxygens (including phenoxy) is 2. The standard InChI is InChI=1S/C20H14Cl2N4O2S/c21-13-5-6-16(14(22)7-13)29-20-18-19(23-10-24-20)26(11-25-18)17-9-27-15-4-2-1-3-12(15)8-28-17/h1-7,10-11,17H,8-9H2. The van der Waals surface area contributed by atoms with Gasteiger partial charge in [0.25, 0.3) is 0 Å². The lowest BCUT2D eigenvalue weighted by atomic mass is 10.2. The number of rotatable bonds is 3. The predicted molar refractivity (Wildman–Crippen MR) is 112 cm³/mol. The zero-order valence-electron chi connectivity index (χ0n) is 15.0. The summed E-state index contributed by atoms with van der Waals surface area (Å²) in [5.74, 6) is 0.836. The minimum atomic E-state index is -0.348. The Kier molecular flexibility index (Phi) is 5.05. The van der Waals surface area contributed by atoms with Gasteiger partial charge in [0, 0.05) is 15.5 Å². The largest absolute Gasteiger partial charge is 0.488 e. The summed E-state index contributed by atoms with van der Waals surface area (Å²) in [5, 5.41) is 1.85. The van der Waals surface area contributed by atoms with Gasteiger partial charge in [0.2, 0.25) is 0 Å². The molecule has 5 rings (SSSR count). The summed E-state index contributed by atoms with van der Waals surface area (Å²) in [6, 6.07) is 13.2. The first kappa shape index (κ1) is 18.7. The minimum Gasteiger partial charge on any atom is -0.488 e. The molecule has 9 heteroatoms. The maximum absolute atomic E-state index is 6.31. The maximum Gasteiger partial charge on any atom is 0.171 e. The Morgan fingerprint density at radius 3 is 2.86 bits per heavy atom. The van der Waals surface area contributed by atoms with E-state index >= 15 is 0 Å². The number of imidazole rings is 1. The molecule has 0 fully saturated rings. The Labute approximate surface area is 180 Å². The van der Waals surface area contributed by atoms with Gasteiger partial charge < -0.3 is 9.47 Å². The molecule has 0 N–H and O–H groups in total. The van der Waals surface area contributed by atoms with Crippen LogP contribution in [0.3, 0.4) is 0 Å². The highest BCUT2D eigenvalue weighted by Gasteiger charge is 2.22. The molecule has 146 valence electrons. The molecule has 4 aromatic rings. The maximum atomic E-state index is 6.31. The fourth-order valence-corrected chi connectivity index (χ4v) is 4.46. The van der Waals surface area contributed by atoms with E-state index in [2.05, 4.69) is 15.0 Å². The van der Waals surface area contributed by atoms with Crippen LogP contribution in [-0.2, 0) is 11.3 Å². The summed E-state index contributed by atoms with van der Waals surface area (Å²) in [6.07, 6.45) is 2.87. The van der Waals surface area contributed by atoms with Gasteiger partial charge in [0.15, 0.2) is 11.9 Å². The third-order valence-electron chi connectivity index (χ3n) is 4.52. The molecule has 0 aliphatic carbocycles. The fourth-order valence-electron chi connectivity index (χ4n) is 3.10. The van der Waals surface area contributed by atoms with Crippen molar-refractivity contribution in [2.75, 3.05) is 6.61 Å². The molecule has 2 aromatic carbocycles. The van der Waals surface area contributed by atoms with E-state index in [1.807, 2.05) is 34.9 Å². The van der Waals surface area contributed by atoms with Crippen LogP contribution in [-0.4, -0.2) is 26.1 Å². The van der Waals surface area contributed by atoms with E-state index in [1.165, 1.54) is 18.1 Å². The highest BCUT2D eigenvalue weighted by molar-refractivity contribution is 7.99. The summed E-state index contributed by atoms with van der Waals surface area (Å²) in [4.78, 5) is 14.2. The van der Waals surface area contributed by atoms with E-state index in [4.69, 9.17) is 32.7 Å². The van der Waals surface area contributed by atoms with Crippen molar-refractivity contribution in [1.29, 1.82) is 0 Å². The zero-order chi connectivity index (χ0) is 19.8.